The third kappa shape index (κ3) is 3.17. The van der Waals surface area contributed by atoms with Gasteiger partial charge >= 0.3 is 0 Å². The molecule has 1 aliphatic heterocycles. The molecular weight excluding hydrogens is 276 g/mol. The number of nitrogens with one attached hydrogen (secondary N) is 1. The molecule has 20 heavy (non-hydrogen) atoms. The van der Waals surface area contributed by atoms with E-state index in [1.807, 2.05) is 11.8 Å². The summed E-state index contributed by atoms with van der Waals surface area (Å²) >= 11 is 1.93. The van der Waals surface area contributed by atoms with Gasteiger partial charge in [0.15, 0.2) is 0 Å². The molecular formula is C14H20N2O3S. The van der Waals surface area contributed by atoms with Crippen LogP contribution in [0.4, 0.5) is 11.4 Å². The maximum absolute atomic E-state index is 10.8. The lowest BCUT2D eigenvalue weighted by atomic mass is 9.82. The first-order valence-corrected chi connectivity index (χ1v) is 7.76. The van der Waals surface area contributed by atoms with E-state index in [-0.39, 0.29) is 11.1 Å². The second kappa shape index (κ2) is 5.91. The number of nitrogens with zero attached hydrogens (tertiary/aromatic N) is 1. The molecule has 0 aromatic heterocycles. The van der Waals surface area contributed by atoms with E-state index in [0.29, 0.717) is 11.8 Å². The molecule has 1 atom stereocenters. The average molecular weight is 296 g/mol. The van der Waals surface area contributed by atoms with Crippen LogP contribution in [0.5, 0.6) is 5.75 Å². The molecule has 0 bridgehead atoms. The van der Waals surface area contributed by atoms with E-state index in [1.54, 1.807) is 6.07 Å². The van der Waals surface area contributed by atoms with Crippen LogP contribution in [0.15, 0.2) is 18.2 Å². The van der Waals surface area contributed by atoms with Crippen LogP contribution < -0.4 is 10.1 Å². The minimum Gasteiger partial charge on any atom is -0.494 e. The second-order valence-corrected chi connectivity index (χ2v) is 6.80. The van der Waals surface area contributed by atoms with Crippen LogP contribution in [0, 0.1) is 15.5 Å². The number of nitro benzene ring substituents is 1. The fourth-order valence-corrected chi connectivity index (χ4v) is 3.88. The highest BCUT2D eigenvalue weighted by Gasteiger charge is 2.33. The van der Waals surface area contributed by atoms with Crippen LogP contribution in [0.1, 0.15) is 20.3 Å². The van der Waals surface area contributed by atoms with Gasteiger partial charge in [0, 0.05) is 17.9 Å². The summed E-state index contributed by atoms with van der Waals surface area (Å²) in [6, 6.07) is 5.03. The number of non-ortho nitro benzene ring substituents is 1. The number of anilines is 1. The monoisotopic (exact) mass is 296 g/mol. The summed E-state index contributed by atoms with van der Waals surface area (Å²) in [5, 5.41) is 14.3. The predicted molar refractivity (Wildman–Crippen MR) is 82.8 cm³/mol. The summed E-state index contributed by atoms with van der Waals surface area (Å²) in [5.41, 5.74) is 1.07. The van der Waals surface area contributed by atoms with Crippen LogP contribution in [0.2, 0.25) is 0 Å². The Morgan fingerprint density at radius 1 is 1.50 bits per heavy atom. The molecule has 1 aliphatic rings. The van der Waals surface area contributed by atoms with Crippen LogP contribution in [-0.2, 0) is 0 Å². The van der Waals surface area contributed by atoms with E-state index >= 15 is 0 Å². The summed E-state index contributed by atoms with van der Waals surface area (Å²) < 4.78 is 5.27. The Bertz CT molecular complexity index is 505. The van der Waals surface area contributed by atoms with Gasteiger partial charge in [0.05, 0.1) is 23.8 Å². The Morgan fingerprint density at radius 3 is 2.85 bits per heavy atom. The van der Waals surface area contributed by atoms with Crippen molar-refractivity contribution in [2.75, 3.05) is 23.9 Å². The Balaban J connectivity index is 2.22. The molecule has 0 aliphatic carbocycles. The molecule has 1 fully saturated rings. The van der Waals surface area contributed by atoms with Gasteiger partial charge in [-0.2, -0.15) is 11.8 Å². The molecule has 5 nitrogen and oxygen atoms in total. The molecule has 1 heterocycles. The number of hydrogen-bond donors (Lipinski definition) is 1. The minimum absolute atomic E-state index is 0.0460. The zero-order valence-electron chi connectivity index (χ0n) is 12.0. The van der Waals surface area contributed by atoms with Crippen molar-refractivity contribution >= 4 is 23.1 Å². The number of benzene rings is 1. The molecule has 0 saturated carbocycles. The van der Waals surface area contributed by atoms with Gasteiger partial charge in [0.25, 0.3) is 5.69 Å². The number of thioether (sulfide) groups is 1. The van der Waals surface area contributed by atoms with Gasteiger partial charge in [0.2, 0.25) is 0 Å². The van der Waals surface area contributed by atoms with Crippen LogP contribution in [-0.4, -0.2) is 29.6 Å². The van der Waals surface area contributed by atoms with Gasteiger partial charge in [-0.1, -0.05) is 13.8 Å². The van der Waals surface area contributed by atoms with Crippen LogP contribution >= 0.6 is 11.8 Å². The zero-order chi connectivity index (χ0) is 14.8. The first-order valence-electron chi connectivity index (χ1n) is 6.61. The molecule has 6 heteroatoms. The highest BCUT2D eigenvalue weighted by Crippen LogP contribution is 2.38. The van der Waals surface area contributed by atoms with Crippen molar-refractivity contribution in [3.8, 4) is 5.75 Å². The summed E-state index contributed by atoms with van der Waals surface area (Å²) in [6.07, 6.45) is 1.16. The molecule has 110 valence electrons. The van der Waals surface area contributed by atoms with Crippen molar-refractivity contribution in [2.24, 2.45) is 5.41 Å². The van der Waals surface area contributed by atoms with Gasteiger partial charge in [-0.3, -0.25) is 10.1 Å². The summed E-state index contributed by atoms with van der Waals surface area (Å²) in [4.78, 5) is 10.4. The quantitative estimate of drug-likeness (QED) is 0.680. The summed E-state index contributed by atoms with van der Waals surface area (Å²) in [7, 11) is 1.53. The highest BCUT2D eigenvalue weighted by atomic mass is 32.2. The van der Waals surface area contributed by atoms with E-state index in [0.717, 1.165) is 17.9 Å². The van der Waals surface area contributed by atoms with Crippen molar-refractivity contribution in [1.82, 2.24) is 0 Å². The van der Waals surface area contributed by atoms with E-state index in [4.69, 9.17) is 4.74 Å². The molecule has 1 N–H and O–H groups in total. The fourth-order valence-electron chi connectivity index (χ4n) is 2.27. The normalized spacial score (nSPS) is 21.2. The lowest BCUT2D eigenvalue weighted by molar-refractivity contribution is -0.384. The van der Waals surface area contributed by atoms with E-state index < -0.39 is 4.92 Å². The zero-order valence-corrected chi connectivity index (χ0v) is 12.8. The molecule has 0 spiro atoms. The first-order chi connectivity index (χ1) is 9.44. The molecule has 1 saturated heterocycles. The van der Waals surface area contributed by atoms with Crippen molar-refractivity contribution in [3.05, 3.63) is 28.3 Å². The van der Waals surface area contributed by atoms with E-state index in [2.05, 4.69) is 19.2 Å². The van der Waals surface area contributed by atoms with E-state index in [9.17, 15) is 10.1 Å². The SMILES string of the molecule is COc1cc([N+](=O)[O-])ccc1NC1CSCCC1(C)C. The summed E-state index contributed by atoms with van der Waals surface area (Å²) in [5.74, 6) is 2.74. The van der Waals surface area contributed by atoms with Crippen LogP contribution in [0.3, 0.4) is 0 Å². The third-order valence-electron chi connectivity index (χ3n) is 3.84. The van der Waals surface area contributed by atoms with Gasteiger partial charge in [0.1, 0.15) is 5.75 Å². The molecule has 1 aromatic rings. The van der Waals surface area contributed by atoms with Crippen molar-refractivity contribution in [2.45, 2.75) is 26.3 Å². The Morgan fingerprint density at radius 2 is 2.25 bits per heavy atom. The lowest BCUT2D eigenvalue weighted by Gasteiger charge is -2.39. The van der Waals surface area contributed by atoms with Gasteiger partial charge in [-0.25, -0.2) is 0 Å². The number of nitro groups is 1. The Kier molecular flexibility index (Phi) is 4.42. The molecule has 1 unspecified atom stereocenters. The molecule has 0 amide bonds. The number of ether oxygens (including phenoxy) is 1. The van der Waals surface area contributed by atoms with Gasteiger partial charge in [-0.05, 0) is 23.7 Å². The maximum Gasteiger partial charge on any atom is 0.273 e. The van der Waals surface area contributed by atoms with Crippen molar-refractivity contribution in [1.29, 1.82) is 0 Å². The van der Waals surface area contributed by atoms with Crippen LogP contribution in [0.25, 0.3) is 0 Å². The lowest BCUT2D eigenvalue weighted by Crippen LogP contribution is -2.41. The Labute approximate surface area is 123 Å². The van der Waals surface area contributed by atoms with Crippen molar-refractivity contribution < 1.29 is 9.66 Å². The predicted octanol–water partition coefficient (Wildman–Crippen LogP) is 3.55. The number of rotatable bonds is 4. The first kappa shape index (κ1) is 15.0. The third-order valence-corrected chi connectivity index (χ3v) is 4.91. The number of methoxy groups -OCH3 is 1. The molecule has 0 radical (unpaired) electrons. The standard InChI is InChI=1S/C14H20N2O3S/c1-14(2)6-7-20-9-13(14)15-11-5-4-10(16(17)18)8-12(11)19-3/h4-5,8,13,15H,6-7,9H2,1-3H3. The Hall–Kier alpha value is -1.43. The summed E-state index contributed by atoms with van der Waals surface area (Å²) in [6.45, 7) is 4.50. The topological polar surface area (TPSA) is 64.4 Å². The highest BCUT2D eigenvalue weighted by molar-refractivity contribution is 7.99. The molecule has 1 aromatic carbocycles. The van der Waals surface area contributed by atoms with Gasteiger partial charge < -0.3 is 10.1 Å². The smallest absolute Gasteiger partial charge is 0.273 e. The van der Waals surface area contributed by atoms with E-state index in [1.165, 1.54) is 25.0 Å². The second-order valence-electron chi connectivity index (χ2n) is 5.65. The van der Waals surface area contributed by atoms with Gasteiger partial charge in [-0.15, -0.1) is 0 Å². The largest absolute Gasteiger partial charge is 0.494 e. The number of hydrogen-bond acceptors (Lipinski definition) is 5. The van der Waals surface area contributed by atoms with Crippen molar-refractivity contribution in [3.63, 3.8) is 0 Å². The average Bonchev–Trinajstić information content (AvgIpc) is 2.41. The fraction of sp³-hybridized carbons (Fsp3) is 0.571. The maximum atomic E-state index is 10.8. The minimum atomic E-state index is -0.410. The molecule has 2 rings (SSSR count).